The maximum Gasteiger partial charge on any atom is 0.260 e. The number of fused-ring (bicyclic) bond motifs is 1. The summed E-state index contributed by atoms with van der Waals surface area (Å²) in [5.41, 5.74) is 0.532. The van der Waals surface area contributed by atoms with Gasteiger partial charge in [-0.25, -0.2) is 4.98 Å². The summed E-state index contributed by atoms with van der Waals surface area (Å²) in [5.74, 6) is 0.846. The van der Waals surface area contributed by atoms with Crippen molar-refractivity contribution in [3.63, 3.8) is 0 Å². The molecule has 7 nitrogen and oxygen atoms in total. The number of nitrogens with zero attached hydrogens (tertiary/aromatic N) is 3. The first-order chi connectivity index (χ1) is 13.6. The van der Waals surface area contributed by atoms with Crippen molar-refractivity contribution in [3.05, 3.63) is 28.4 Å². The highest BCUT2D eigenvalue weighted by Crippen LogP contribution is 2.49. The van der Waals surface area contributed by atoms with Crippen molar-refractivity contribution in [2.24, 2.45) is 5.92 Å². The van der Waals surface area contributed by atoms with Gasteiger partial charge in [0.25, 0.3) is 5.56 Å². The van der Waals surface area contributed by atoms with E-state index in [0.29, 0.717) is 28.9 Å². The number of aryl methyl sites for hydroxylation is 1. The highest BCUT2D eigenvalue weighted by atomic mass is 31.2. The van der Waals surface area contributed by atoms with E-state index in [1.54, 1.807) is 6.92 Å². The first-order valence-corrected chi connectivity index (χ1v) is 12.2. The molecule has 2 unspecified atom stereocenters. The maximum absolute atomic E-state index is 12.3. The molecule has 1 saturated heterocycles. The van der Waals surface area contributed by atoms with Crippen molar-refractivity contribution < 1.29 is 9.26 Å². The van der Waals surface area contributed by atoms with E-state index in [2.05, 4.69) is 62.8 Å². The fourth-order valence-corrected chi connectivity index (χ4v) is 6.59. The average Bonchev–Trinajstić information content (AvgIpc) is 3.16. The minimum Gasteiger partial charge on any atom is -0.352 e. The fraction of sp³-hybridized carbons (Fsp3) is 0.714. The molecule has 0 radical (unpaired) electrons. The molecule has 2 aromatic heterocycles. The summed E-state index contributed by atoms with van der Waals surface area (Å²) in [6, 6.07) is 2.62. The van der Waals surface area contributed by atoms with Crippen LogP contribution in [-0.4, -0.2) is 50.2 Å². The van der Waals surface area contributed by atoms with Crippen LogP contribution >= 0.6 is 8.30 Å². The Labute approximate surface area is 174 Å². The lowest BCUT2D eigenvalue weighted by molar-refractivity contribution is -0.0284. The first kappa shape index (κ1) is 22.4. The van der Waals surface area contributed by atoms with Gasteiger partial charge < -0.3 is 18.8 Å². The number of hydrogen-bond acceptors (Lipinski definition) is 5. The smallest absolute Gasteiger partial charge is 0.260 e. The number of ether oxygens (including phenoxy) is 1. The molecule has 0 aromatic carbocycles. The highest BCUT2D eigenvalue weighted by molar-refractivity contribution is 7.49. The van der Waals surface area contributed by atoms with Crippen LogP contribution in [0, 0.1) is 12.8 Å². The van der Waals surface area contributed by atoms with Gasteiger partial charge in [0.15, 0.2) is 6.23 Å². The summed E-state index contributed by atoms with van der Waals surface area (Å²) in [6.45, 7) is 17.2. The number of hydrogen-bond donors (Lipinski definition) is 1. The summed E-state index contributed by atoms with van der Waals surface area (Å²) >= 11 is 0. The van der Waals surface area contributed by atoms with Crippen LogP contribution in [0.4, 0.5) is 0 Å². The molecular formula is C21H35N4O3P. The molecule has 8 heteroatoms. The van der Waals surface area contributed by atoms with Gasteiger partial charge >= 0.3 is 0 Å². The van der Waals surface area contributed by atoms with Gasteiger partial charge in [0.05, 0.1) is 11.5 Å². The number of aromatic nitrogens is 3. The topological polar surface area (TPSA) is 72.4 Å². The van der Waals surface area contributed by atoms with Crippen LogP contribution in [0.2, 0.25) is 0 Å². The second kappa shape index (κ2) is 8.84. The minimum atomic E-state index is -0.791. The lowest BCUT2D eigenvalue weighted by Crippen LogP contribution is -2.35. The molecule has 0 saturated carbocycles. The molecule has 29 heavy (non-hydrogen) atoms. The average molecular weight is 423 g/mol. The van der Waals surface area contributed by atoms with E-state index in [1.165, 1.54) is 0 Å². The van der Waals surface area contributed by atoms with Gasteiger partial charge in [0.2, 0.25) is 0 Å². The van der Waals surface area contributed by atoms with Gasteiger partial charge in [0.1, 0.15) is 25.9 Å². The maximum atomic E-state index is 12.3. The molecule has 1 aliphatic heterocycles. The summed E-state index contributed by atoms with van der Waals surface area (Å²) in [4.78, 5) is 19.7. The minimum absolute atomic E-state index is 0.104. The Morgan fingerprint density at radius 1 is 1.34 bits per heavy atom. The van der Waals surface area contributed by atoms with Crippen LogP contribution < -0.4 is 5.56 Å². The molecule has 1 fully saturated rings. The Balaban J connectivity index is 1.98. The van der Waals surface area contributed by atoms with E-state index in [1.807, 2.05) is 16.8 Å². The third-order valence-corrected chi connectivity index (χ3v) is 7.86. The van der Waals surface area contributed by atoms with Gasteiger partial charge in [-0.2, -0.15) is 0 Å². The molecule has 1 N–H and O–H groups in total. The third-order valence-electron chi connectivity index (χ3n) is 5.73. The predicted molar refractivity (Wildman–Crippen MR) is 118 cm³/mol. The molecule has 5 atom stereocenters. The molecule has 3 heterocycles. The van der Waals surface area contributed by atoms with E-state index in [4.69, 9.17) is 9.26 Å². The SMILES string of the molecule is CC[C@H]1O[C@@H](n2ccc3c(=O)[nH]c(C)nc32)[C@@H](OP(C)N(C(C)C)C(C)C)C1C. The van der Waals surface area contributed by atoms with E-state index < -0.39 is 8.30 Å². The second-order valence-electron chi connectivity index (χ2n) is 8.55. The summed E-state index contributed by atoms with van der Waals surface area (Å²) < 4.78 is 17.6. The first-order valence-electron chi connectivity index (χ1n) is 10.6. The van der Waals surface area contributed by atoms with Crippen LogP contribution in [-0.2, 0) is 9.26 Å². The summed E-state index contributed by atoms with van der Waals surface area (Å²) in [6.07, 6.45) is 2.53. The Morgan fingerprint density at radius 2 is 2.00 bits per heavy atom. The normalized spacial score (nSPS) is 26.3. The zero-order valence-corrected chi connectivity index (χ0v) is 19.7. The molecular weight excluding hydrogens is 387 g/mol. The number of H-pyrrole nitrogens is 1. The molecule has 1 aliphatic rings. The van der Waals surface area contributed by atoms with Gasteiger partial charge in [0, 0.05) is 24.2 Å². The van der Waals surface area contributed by atoms with Gasteiger partial charge in [-0.3, -0.25) is 9.46 Å². The molecule has 162 valence electrons. The Morgan fingerprint density at radius 3 is 2.59 bits per heavy atom. The molecule has 0 spiro atoms. The van der Waals surface area contributed by atoms with Crippen LogP contribution in [0.15, 0.2) is 17.1 Å². The second-order valence-corrected chi connectivity index (χ2v) is 10.1. The van der Waals surface area contributed by atoms with Gasteiger partial charge in [-0.05, 0) is 53.8 Å². The predicted octanol–water partition coefficient (Wildman–Crippen LogP) is 4.42. The van der Waals surface area contributed by atoms with Crippen molar-refractivity contribution in [2.75, 3.05) is 6.66 Å². The highest BCUT2D eigenvalue weighted by Gasteiger charge is 2.45. The molecule has 2 aromatic rings. The molecule has 0 amide bonds. The third kappa shape index (κ3) is 4.29. The van der Waals surface area contributed by atoms with Crippen molar-refractivity contribution in [3.8, 4) is 0 Å². The van der Waals surface area contributed by atoms with Crippen LogP contribution in [0.1, 0.15) is 60.0 Å². The Bertz CT molecular complexity index is 886. The van der Waals surface area contributed by atoms with Gasteiger partial charge in [-0.15, -0.1) is 0 Å². The van der Waals surface area contributed by atoms with E-state index >= 15 is 0 Å². The monoisotopic (exact) mass is 422 g/mol. The van der Waals surface area contributed by atoms with Gasteiger partial charge in [-0.1, -0.05) is 13.8 Å². The fourth-order valence-electron chi connectivity index (χ4n) is 4.53. The molecule has 0 aliphatic carbocycles. The van der Waals surface area contributed by atoms with Crippen molar-refractivity contribution in [1.82, 2.24) is 19.2 Å². The van der Waals surface area contributed by atoms with E-state index in [0.717, 1.165) is 6.42 Å². The Kier molecular flexibility index (Phi) is 6.84. The van der Waals surface area contributed by atoms with E-state index in [9.17, 15) is 4.79 Å². The number of nitrogens with one attached hydrogen (secondary N) is 1. The van der Waals surface area contributed by atoms with E-state index in [-0.39, 0.29) is 29.9 Å². The zero-order chi connectivity index (χ0) is 21.5. The summed E-state index contributed by atoms with van der Waals surface area (Å²) in [5, 5.41) is 0.579. The quantitative estimate of drug-likeness (QED) is 0.669. The lowest BCUT2D eigenvalue weighted by Gasteiger charge is -2.38. The zero-order valence-electron chi connectivity index (χ0n) is 18.8. The lowest BCUT2D eigenvalue weighted by atomic mass is 9.99. The van der Waals surface area contributed by atoms with Crippen LogP contribution in [0.5, 0.6) is 0 Å². The van der Waals surface area contributed by atoms with Crippen LogP contribution in [0.3, 0.4) is 0 Å². The Hall–Kier alpha value is -1.27. The number of aromatic amines is 1. The standard InChI is InChI=1S/C21H35N4O3P/c1-9-17-14(6)18(28-29(8)25(12(2)3)13(4)5)21(27-17)24-11-10-16-19(24)22-15(7)23-20(16)26/h10-14,17-18,21H,9H2,1-8H3,(H,22,23,26)/t14?,17-,18+,21-,29?/m1/s1. The van der Waals surface area contributed by atoms with Crippen molar-refractivity contribution >= 4 is 19.3 Å². The van der Waals surface area contributed by atoms with Crippen molar-refractivity contribution in [2.45, 2.75) is 85.4 Å². The molecule has 3 rings (SSSR count). The van der Waals surface area contributed by atoms with Crippen molar-refractivity contribution in [1.29, 1.82) is 0 Å². The number of rotatable bonds is 7. The molecule has 0 bridgehead atoms. The summed E-state index contributed by atoms with van der Waals surface area (Å²) in [7, 11) is -0.791. The van der Waals surface area contributed by atoms with Crippen LogP contribution in [0.25, 0.3) is 11.0 Å². The largest absolute Gasteiger partial charge is 0.352 e.